The maximum Gasteiger partial charge on any atom is 0.408 e. The van der Waals surface area contributed by atoms with Crippen molar-refractivity contribution in [3.63, 3.8) is 0 Å². The normalized spacial score (nSPS) is 11.7. The predicted molar refractivity (Wildman–Crippen MR) is 140 cm³/mol. The molecule has 0 aromatic heterocycles. The molecule has 2 atom stereocenters. The molecule has 15 nitrogen and oxygen atoms in total. The fraction of sp³-hybridized carbons (Fsp3) is 0.500. The number of alkyl carbamates (subject to hydrolysis) is 1. The van der Waals surface area contributed by atoms with E-state index in [9.17, 15) is 38.7 Å². The maximum atomic E-state index is 13.1. The fourth-order valence-electron chi connectivity index (χ4n) is 3.43. The number of carboxylic acids is 1. The maximum absolute atomic E-state index is 13.1. The topological polar surface area (TPSA) is 198 Å². The van der Waals surface area contributed by atoms with E-state index < -0.39 is 53.8 Å². The van der Waals surface area contributed by atoms with Gasteiger partial charge < -0.3 is 30.2 Å². The first kappa shape index (κ1) is 34.3. The van der Waals surface area contributed by atoms with Gasteiger partial charge in [0.05, 0.1) is 13.1 Å². The van der Waals surface area contributed by atoms with Gasteiger partial charge in [-0.2, -0.15) is 10.1 Å². The zero-order valence-corrected chi connectivity index (χ0v) is 23.4. The first-order valence-corrected chi connectivity index (χ1v) is 12.7. The molecular formula is C26H36N4O11. The summed E-state index contributed by atoms with van der Waals surface area (Å²) in [5, 5.41) is 15.9. The van der Waals surface area contributed by atoms with E-state index in [0.717, 1.165) is 24.0 Å². The second kappa shape index (κ2) is 17.8. The van der Waals surface area contributed by atoms with Crippen molar-refractivity contribution in [3.8, 4) is 0 Å². The number of carboxylic acid groups (broad SMARTS) is 1. The average Bonchev–Trinajstić information content (AvgIpc) is 2.89. The molecule has 0 saturated carbocycles. The summed E-state index contributed by atoms with van der Waals surface area (Å²) in [6.07, 6.45) is -1.02. The number of carbonyl (C=O) groups is 7. The molecule has 0 aliphatic heterocycles. The highest BCUT2D eigenvalue weighted by Crippen LogP contribution is 2.08. The van der Waals surface area contributed by atoms with Gasteiger partial charge in [-0.25, -0.2) is 9.59 Å². The molecule has 0 unspecified atom stereocenters. The van der Waals surface area contributed by atoms with Crippen LogP contribution in [0.2, 0.25) is 0 Å². The highest BCUT2D eigenvalue weighted by Gasteiger charge is 2.28. The van der Waals surface area contributed by atoms with Crippen molar-refractivity contribution in [3.05, 3.63) is 35.9 Å². The van der Waals surface area contributed by atoms with Crippen molar-refractivity contribution in [2.75, 3.05) is 13.1 Å². The summed E-state index contributed by atoms with van der Waals surface area (Å²) in [7, 11) is 0. The minimum absolute atomic E-state index is 0.0529. The third-order valence-electron chi connectivity index (χ3n) is 5.32. The van der Waals surface area contributed by atoms with E-state index in [-0.39, 0.29) is 45.4 Å². The van der Waals surface area contributed by atoms with Crippen molar-refractivity contribution in [1.82, 2.24) is 20.8 Å². The first-order chi connectivity index (χ1) is 19.3. The van der Waals surface area contributed by atoms with E-state index in [1.807, 2.05) is 0 Å². The molecule has 0 aliphatic carbocycles. The summed E-state index contributed by atoms with van der Waals surface area (Å²) in [5.41, 5.74) is 0.696. The Kier molecular flexibility index (Phi) is 14.9. The Balaban J connectivity index is 2.89. The minimum Gasteiger partial charge on any atom is -0.480 e. The smallest absolute Gasteiger partial charge is 0.408 e. The van der Waals surface area contributed by atoms with Gasteiger partial charge in [0.15, 0.2) is 0 Å². The molecule has 0 radical (unpaired) electrons. The first-order valence-electron chi connectivity index (χ1n) is 12.7. The van der Waals surface area contributed by atoms with Gasteiger partial charge in [0.25, 0.3) is 11.8 Å². The largest absolute Gasteiger partial charge is 0.480 e. The van der Waals surface area contributed by atoms with Crippen LogP contribution in [-0.4, -0.2) is 82.1 Å². The van der Waals surface area contributed by atoms with E-state index >= 15 is 0 Å². The van der Waals surface area contributed by atoms with Crippen LogP contribution in [0.3, 0.4) is 0 Å². The molecular weight excluding hydrogens is 544 g/mol. The number of ether oxygens (including phenoxy) is 1. The Labute approximate surface area is 237 Å². The number of rotatable bonds is 14. The van der Waals surface area contributed by atoms with Crippen LogP contribution in [-0.2, 0) is 49.8 Å². The summed E-state index contributed by atoms with van der Waals surface area (Å²) in [6.45, 7) is 4.27. The van der Waals surface area contributed by atoms with Crippen molar-refractivity contribution in [2.24, 2.45) is 0 Å². The fourth-order valence-corrected chi connectivity index (χ4v) is 3.43. The number of carbonyl (C=O) groups excluding carboxylic acids is 6. The van der Waals surface area contributed by atoms with E-state index in [2.05, 4.69) is 10.6 Å². The van der Waals surface area contributed by atoms with Crippen LogP contribution in [0.15, 0.2) is 30.3 Å². The number of nitrogens with zero attached hydrogens (tertiary/aromatic N) is 2. The lowest BCUT2D eigenvalue weighted by Crippen LogP contribution is -2.52. The van der Waals surface area contributed by atoms with Gasteiger partial charge in [-0.05, 0) is 31.2 Å². The summed E-state index contributed by atoms with van der Waals surface area (Å²) in [5.74, 6) is -4.80. The lowest BCUT2D eigenvalue weighted by molar-refractivity contribution is -0.195. The number of amides is 4. The Bertz CT molecular complexity index is 1080. The lowest BCUT2D eigenvalue weighted by atomic mass is 10.1. The zero-order valence-electron chi connectivity index (χ0n) is 23.4. The summed E-state index contributed by atoms with van der Waals surface area (Å²) in [6, 6.07) is 6.07. The monoisotopic (exact) mass is 580 g/mol. The molecule has 0 aliphatic rings. The van der Waals surface area contributed by atoms with Crippen LogP contribution in [0.4, 0.5) is 4.79 Å². The van der Waals surface area contributed by atoms with Crippen molar-refractivity contribution >= 4 is 41.7 Å². The van der Waals surface area contributed by atoms with E-state index in [1.54, 1.807) is 30.3 Å². The van der Waals surface area contributed by atoms with Crippen LogP contribution in [0, 0.1) is 0 Å². The molecule has 226 valence electrons. The molecule has 0 heterocycles. The van der Waals surface area contributed by atoms with Gasteiger partial charge in [0.2, 0.25) is 5.91 Å². The Morgan fingerprint density at radius 3 is 1.68 bits per heavy atom. The van der Waals surface area contributed by atoms with Crippen molar-refractivity contribution < 1.29 is 53.1 Å². The molecule has 1 aromatic carbocycles. The minimum atomic E-state index is -1.41. The Hall–Kier alpha value is -4.69. The van der Waals surface area contributed by atoms with Crippen LogP contribution in [0.1, 0.15) is 58.9 Å². The van der Waals surface area contributed by atoms with Gasteiger partial charge in [-0.3, -0.25) is 24.0 Å². The average molecular weight is 581 g/mol. The number of hydroxylamine groups is 4. The molecule has 0 saturated heterocycles. The van der Waals surface area contributed by atoms with Crippen molar-refractivity contribution in [1.29, 1.82) is 0 Å². The Morgan fingerprint density at radius 2 is 1.24 bits per heavy atom. The van der Waals surface area contributed by atoms with Crippen LogP contribution < -0.4 is 10.6 Å². The lowest BCUT2D eigenvalue weighted by Gasteiger charge is -2.23. The second-order valence-corrected chi connectivity index (χ2v) is 8.85. The molecule has 41 heavy (non-hydrogen) atoms. The van der Waals surface area contributed by atoms with E-state index in [4.69, 9.17) is 14.4 Å². The molecule has 0 spiro atoms. The highest BCUT2D eigenvalue weighted by atomic mass is 16.7. The molecule has 0 bridgehead atoms. The number of benzene rings is 1. The zero-order chi connectivity index (χ0) is 30.9. The standard InChI is InChI=1S/C26H36N4O11/c1-17(31)29(40-19(3)33)14-8-12-22(28-26(38)39-16-21-10-6-5-7-11-21)24(35)27-23(25(36)37)13-9-15-30(18(2)32)41-20(4)34/h5-7,10-11,22-23H,8-9,12-16H2,1-4H3,(H,27,35)(H,28,38)(H,36,37)/t22-,23-/m0/s1. The third-order valence-corrected chi connectivity index (χ3v) is 5.32. The molecule has 3 N–H and O–H groups in total. The van der Waals surface area contributed by atoms with Crippen LogP contribution in [0.5, 0.6) is 0 Å². The van der Waals surface area contributed by atoms with Crippen molar-refractivity contribution in [2.45, 2.75) is 72.1 Å². The molecule has 1 rings (SSSR count). The quantitative estimate of drug-likeness (QED) is 0.266. The predicted octanol–water partition coefficient (Wildman–Crippen LogP) is 1.06. The van der Waals surface area contributed by atoms with E-state index in [0.29, 0.717) is 5.56 Å². The van der Waals surface area contributed by atoms with Gasteiger partial charge in [0, 0.05) is 27.7 Å². The van der Waals surface area contributed by atoms with Gasteiger partial charge in [-0.1, -0.05) is 30.3 Å². The van der Waals surface area contributed by atoms with Gasteiger partial charge in [0.1, 0.15) is 18.7 Å². The summed E-state index contributed by atoms with van der Waals surface area (Å²) < 4.78 is 5.17. The summed E-state index contributed by atoms with van der Waals surface area (Å²) in [4.78, 5) is 92.7. The molecule has 1 aromatic rings. The highest BCUT2D eigenvalue weighted by molar-refractivity contribution is 5.89. The molecule has 4 amide bonds. The number of hydrogen-bond donors (Lipinski definition) is 3. The van der Waals surface area contributed by atoms with Crippen LogP contribution in [0.25, 0.3) is 0 Å². The number of nitrogens with one attached hydrogen (secondary N) is 2. The number of hydrogen-bond acceptors (Lipinski definition) is 10. The Morgan fingerprint density at radius 1 is 0.756 bits per heavy atom. The van der Waals surface area contributed by atoms with Gasteiger partial charge in [-0.15, -0.1) is 0 Å². The number of aliphatic carboxylic acids is 1. The third kappa shape index (κ3) is 14.3. The van der Waals surface area contributed by atoms with E-state index in [1.165, 1.54) is 13.8 Å². The summed E-state index contributed by atoms with van der Waals surface area (Å²) >= 11 is 0. The molecule has 15 heteroatoms. The molecule has 0 fully saturated rings. The van der Waals surface area contributed by atoms with Crippen LogP contribution >= 0.6 is 0 Å². The van der Waals surface area contributed by atoms with Gasteiger partial charge >= 0.3 is 24.0 Å². The second-order valence-electron chi connectivity index (χ2n) is 8.85. The SMILES string of the molecule is CC(=O)ON(CCC[C@H](NC(=O)[C@H](CCCN(OC(C)=O)C(C)=O)NC(=O)OCc1ccccc1)C(=O)O)C(C)=O.